The van der Waals surface area contributed by atoms with E-state index in [9.17, 15) is 10.1 Å². The van der Waals surface area contributed by atoms with Crippen molar-refractivity contribution in [2.45, 2.75) is 37.5 Å². The Bertz CT molecular complexity index is 470. The summed E-state index contributed by atoms with van der Waals surface area (Å²) in [4.78, 5) is 10.8. The minimum Gasteiger partial charge on any atom is -0.376 e. The molecule has 0 saturated heterocycles. The van der Waals surface area contributed by atoms with E-state index in [0.717, 1.165) is 15.7 Å². The number of nitro groups is 1. The number of hydrogen-bond acceptors (Lipinski definition) is 4. The maximum absolute atomic E-state index is 11.1. The highest BCUT2D eigenvalue weighted by Crippen LogP contribution is 2.34. The van der Waals surface area contributed by atoms with Crippen LogP contribution in [0, 0.1) is 13.7 Å². The number of nitro benzene ring substituents is 1. The summed E-state index contributed by atoms with van der Waals surface area (Å²) in [6.07, 6.45) is 3.50. The molecule has 1 aliphatic rings. The van der Waals surface area contributed by atoms with Gasteiger partial charge in [-0.1, -0.05) is 13.3 Å². The highest BCUT2D eigenvalue weighted by atomic mass is 127. The molecule has 19 heavy (non-hydrogen) atoms. The van der Waals surface area contributed by atoms with Crippen LogP contribution in [0.3, 0.4) is 0 Å². The highest BCUT2D eigenvalue weighted by molar-refractivity contribution is 14.1. The van der Waals surface area contributed by atoms with E-state index in [4.69, 9.17) is 0 Å². The Labute approximate surface area is 131 Å². The van der Waals surface area contributed by atoms with Crippen LogP contribution in [0.5, 0.6) is 0 Å². The average molecular weight is 392 g/mol. The fraction of sp³-hybridized carbons (Fsp3) is 0.538. The molecule has 0 heterocycles. The SMILES string of the molecule is CCSC1CCCC1Nc1ccc(I)cc1[N+](=O)[O-]. The molecular formula is C13H17IN2O2S. The van der Waals surface area contributed by atoms with E-state index >= 15 is 0 Å². The van der Waals surface area contributed by atoms with Crippen molar-refractivity contribution in [1.29, 1.82) is 0 Å². The molecule has 1 aromatic rings. The monoisotopic (exact) mass is 392 g/mol. The molecule has 1 N–H and O–H groups in total. The summed E-state index contributed by atoms with van der Waals surface area (Å²) in [6, 6.07) is 5.71. The van der Waals surface area contributed by atoms with Gasteiger partial charge in [-0.3, -0.25) is 10.1 Å². The molecule has 1 saturated carbocycles. The fourth-order valence-corrected chi connectivity index (χ4v) is 4.16. The molecule has 0 spiro atoms. The quantitative estimate of drug-likeness (QED) is 0.462. The van der Waals surface area contributed by atoms with Gasteiger partial charge >= 0.3 is 0 Å². The van der Waals surface area contributed by atoms with E-state index in [1.54, 1.807) is 6.07 Å². The molecule has 2 rings (SSSR count). The molecule has 2 unspecified atom stereocenters. The van der Waals surface area contributed by atoms with Crippen molar-refractivity contribution >= 4 is 45.7 Å². The third kappa shape index (κ3) is 3.75. The number of nitrogens with one attached hydrogen (secondary N) is 1. The first-order valence-electron chi connectivity index (χ1n) is 6.44. The standard InChI is InChI=1S/C13H17IN2O2S/c1-2-19-13-5-3-4-11(13)15-10-7-6-9(14)8-12(10)16(17)18/h6-8,11,13,15H,2-5H2,1H3. The van der Waals surface area contributed by atoms with E-state index in [0.29, 0.717) is 17.0 Å². The third-order valence-corrected chi connectivity index (χ3v) is 5.33. The summed E-state index contributed by atoms with van der Waals surface area (Å²) in [6.45, 7) is 2.16. The molecular weight excluding hydrogens is 375 g/mol. The Kier molecular flexibility index (Phi) is 5.32. The van der Waals surface area contributed by atoms with Gasteiger partial charge in [0.1, 0.15) is 5.69 Å². The highest BCUT2D eigenvalue weighted by Gasteiger charge is 2.28. The van der Waals surface area contributed by atoms with Crippen LogP contribution in [0.25, 0.3) is 0 Å². The van der Waals surface area contributed by atoms with Crippen LogP contribution in [0.2, 0.25) is 0 Å². The number of anilines is 1. The second kappa shape index (κ2) is 6.78. The molecule has 1 fully saturated rings. The lowest BCUT2D eigenvalue weighted by molar-refractivity contribution is -0.384. The van der Waals surface area contributed by atoms with Gasteiger partial charge in [-0.05, 0) is 53.3 Å². The van der Waals surface area contributed by atoms with Gasteiger partial charge in [0, 0.05) is 20.9 Å². The molecule has 104 valence electrons. The van der Waals surface area contributed by atoms with Crippen molar-refractivity contribution in [3.8, 4) is 0 Å². The van der Waals surface area contributed by atoms with Crippen LogP contribution in [0.4, 0.5) is 11.4 Å². The molecule has 2 atom stereocenters. The summed E-state index contributed by atoms with van der Waals surface area (Å²) in [5, 5.41) is 15.1. The van der Waals surface area contributed by atoms with E-state index in [1.807, 2.05) is 23.9 Å². The first-order chi connectivity index (χ1) is 9.11. The zero-order chi connectivity index (χ0) is 13.8. The van der Waals surface area contributed by atoms with Gasteiger partial charge in [0.15, 0.2) is 0 Å². The normalized spacial score (nSPS) is 22.4. The van der Waals surface area contributed by atoms with E-state index < -0.39 is 0 Å². The van der Waals surface area contributed by atoms with Crippen molar-refractivity contribution in [2.24, 2.45) is 0 Å². The number of nitrogens with zero attached hydrogens (tertiary/aromatic N) is 1. The Morgan fingerprint density at radius 3 is 3.00 bits per heavy atom. The van der Waals surface area contributed by atoms with Crippen LogP contribution >= 0.6 is 34.4 Å². The van der Waals surface area contributed by atoms with Crippen LogP contribution in [0.15, 0.2) is 18.2 Å². The van der Waals surface area contributed by atoms with Crippen molar-refractivity contribution in [3.05, 3.63) is 31.9 Å². The minimum atomic E-state index is -0.304. The van der Waals surface area contributed by atoms with Crippen LogP contribution < -0.4 is 5.32 Å². The molecule has 4 nitrogen and oxygen atoms in total. The van der Waals surface area contributed by atoms with Crippen LogP contribution in [-0.2, 0) is 0 Å². The zero-order valence-corrected chi connectivity index (χ0v) is 13.7. The molecule has 0 aromatic heterocycles. The molecule has 1 aromatic carbocycles. The number of thioether (sulfide) groups is 1. The minimum absolute atomic E-state index is 0.180. The van der Waals surface area contributed by atoms with E-state index in [1.165, 1.54) is 12.8 Å². The van der Waals surface area contributed by atoms with Crippen LogP contribution in [-0.4, -0.2) is 22.0 Å². The summed E-state index contributed by atoms with van der Waals surface area (Å²) in [5.74, 6) is 1.09. The summed E-state index contributed by atoms with van der Waals surface area (Å²) < 4.78 is 0.890. The lowest BCUT2D eigenvalue weighted by atomic mass is 10.2. The number of benzene rings is 1. The van der Waals surface area contributed by atoms with E-state index in [2.05, 4.69) is 34.8 Å². The Morgan fingerprint density at radius 1 is 1.53 bits per heavy atom. The second-order valence-corrected chi connectivity index (χ2v) is 7.36. The van der Waals surface area contributed by atoms with Gasteiger partial charge < -0.3 is 5.32 Å². The van der Waals surface area contributed by atoms with Gasteiger partial charge in [-0.15, -0.1) is 0 Å². The number of hydrogen-bond donors (Lipinski definition) is 1. The van der Waals surface area contributed by atoms with Crippen molar-refractivity contribution in [1.82, 2.24) is 0 Å². The lowest BCUT2D eigenvalue weighted by Gasteiger charge is -2.21. The first-order valence-corrected chi connectivity index (χ1v) is 8.56. The summed E-state index contributed by atoms with van der Waals surface area (Å²) >= 11 is 4.05. The predicted octanol–water partition coefficient (Wildman–Crippen LogP) is 4.29. The number of rotatable bonds is 5. The van der Waals surface area contributed by atoms with Gasteiger partial charge in [0.25, 0.3) is 5.69 Å². The van der Waals surface area contributed by atoms with Crippen LogP contribution in [0.1, 0.15) is 26.2 Å². The molecule has 0 radical (unpaired) electrons. The maximum Gasteiger partial charge on any atom is 0.293 e. The van der Waals surface area contributed by atoms with E-state index in [-0.39, 0.29) is 10.6 Å². The second-order valence-electron chi connectivity index (χ2n) is 4.59. The predicted molar refractivity (Wildman–Crippen MR) is 89.0 cm³/mol. The van der Waals surface area contributed by atoms with Gasteiger partial charge in [-0.2, -0.15) is 11.8 Å². The molecule has 0 bridgehead atoms. The molecule has 0 amide bonds. The summed E-state index contributed by atoms with van der Waals surface area (Å²) in [5.41, 5.74) is 0.832. The Morgan fingerprint density at radius 2 is 2.32 bits per heavy atom. The van der Waals surface area contributed by atoms with Gasteiger partial charge in [0.05, 0.1) is 4.92 Å². The number of halogens is 1. The molecule has 6 heteroatoms. The molecule has 1 aliphatic carbocycles. The first kappa shape index (κ1) is 14.9. The maximum atomic E-state index is 11.1. The zero-order valence-electron chi connectivity index (χ0n) is 10.8. The lowest BCUT2D eigenvalue weighted by Crippen LogP contribution is -2.26. The summed E-state index contributed by atoms with van der Waals surface area (Å²) in [7, 11) is 0. The molecule has 0 aliphatic heterocycles. The van der Waals surface area contributed by atoms with Crippen molar-refractivity contribution < 1.29 is 4.92 Å². The Hall–Kier alpha value is -0.500. The largest absolute Gasteiger partial charge is 0.376 e. The third-order valence-electron chi connectivity index (χ3n) is 3.33. The topological polar surface area (TPSA) is 55.2 Å². The van der Waals surface area contributed by atoms with Gasteiger partial charge in [-0.25, -0.2) is 0 Å². The van der Waals surface area contributed by atoms with Crippen molar-refractivity contribution in [2.75, 3.05) is 11.1 Å². The average Bonchev–Trinajstić information content (AvgIpc) is 2.79. The van der Waals surface area contributed by atoms with Crippen molar-refractivity contribution in [3.63, 3.8) is 0 Å². The van der Waals surface area contributed by atoms with Gasteiger partial charge in [0.2, 0.25) is 0 Å². The Balaban J connectivity index is 2.16. The smallest absolute Gasteiger partial charge is 0.293 e. The fourth-order valence-electron chi connectivity index (χ4n) is 2.48.